The van der Waals surface area contributed by atoms with E-state index in [-0.39, 0.29) is 5.97 Å². The lowest BCUT2D eigenvalue weighted by molar-refractivity contribution is 0.0732. The fourth-order valence-electron chi connectivity index (χ4n) is 3.56. The Balaban J connectivity index is 1.47. The molecule has 172 valence electrons. The van der Waals surface area contributed by atoms with E-state index >= 15 is 0 Å². The van der Waals surface area contributed by atoms with Gasteiger partial charge in [0.1, 0.15) is 12.4 Å². The van der Waals surface area contributed by atoms with Crippen LogP contribution in [0.15, 0.2) is 101 Å². The summed E-state index contributed by atoms with van der Waals surface area (Å²) in [7, 11) is 1.64. The van der Waals surface area contributed by atoms with Crippen molar-refractivity contribution in [1.29, 1.82) is 0 Å². The first-order valence-electron chi connectivity index (χ1n) is 10.9. The third-order valence-electron chi connectivity index (χ3n) is 5.25. The molecule has 4 nitrogen and oxygen atoms in total. The summed E-state index contributed by atoms with van der Waals surface area (Å²) >= 11 is 1.62. The lowest BCUT2D eigenvalue weighted by Gasteiger charge is -2.14. The molecule has 0 unspecified atom stereocenters. The van der Waals surface area contributed by atoms with E-state index in [9.17, 15) is 4.79 Å². The first kappa shape index (κ1) is 23.5. The second-order valence-electron chi connectivity index (χ2n) is 7.83. The van der Waals surface area contributed by atoms with Crippen molar-refractivity contribution in [2.45, 2.75) is 30.2 Å². The number of aryl methyl sites for hydroxylation is 2. The summed E-state index contributed by atoms with van der Waals surface area (Å²) < 4.78 is 17.2. The maximum atomic E-state index is 12.5. The van der Waals surface area contributed by atoms with E-state index in [2.05, 4.69) is 0 Å². The largest absolute Gasteiger partial charge is 0.493 e. The van der Waals surface area contributed by atoms with Gasteiger partial charge in [-0.15, -0.1) is 0 Å². The van der Waals surface area contributed by atoms with Crippen molar-refractivity contribution < 1.29 is 19.0 Å². The molecular weight excluding hydrogens is 444 g/mol. The molecule has 0 N–H and O–H groups in total. The van der Waals surface area contributed by atoms with Gasteiger partial charge in [-0.1, -0.05) is 60.3 Å². The lowest BCUT2D eigenvalue weighted by Crippen LogP contribution is -2.10. The number of rotatable bonds is 8. The van der Waals surface area contributed by atoms with Gasteiger partial charge in [-0.25, -0.2) is 4.79 Å². The summed E-state index contributed by atoms with van der Waals surface area (Å²) in [5.74, 6) is 1.62. The molecule has 0 aliphatic rings. The monoisotopic (exact) mass is 470 g/mol. The third-order valence-corrected chi connectivity index (χ3v) is 6.21. The first-order chi connectivity index (χ1) is 16.5. The minimum absolute atomic E-state index is 0.358. The highest BCUT2D eigenvalue weighted by molar-refractivity contribution is 7.99. The average molecular weight is 471 g/mol. The molecule has 0 aromatic heterocycles. The Morgan fingerprint density at radius 2 is 1.41 bits per heavy atom. The van der Waals surface area contributed by atoms with Crippen molar-refractivity contribution in [1.82, 2.24) is 0 Å². The second kappa shape index (κ2) is 10.9. The van der Waals surface area contributed by atoms with Gasteiger partial charge in [0.2, 0.25) is 0 Å². The van der Waals surface area contributed by atoms with Crippen molar-refractivity contribution in [2.75, 3.05) is 7.11 Å². The topological polar surface area (TPSA) is 44.8 Å². The van der Waals surface area contributed by atoms with E-state index in [1.54, 1.807) is 31.0 Å². The maximum absolute atomic E-state index is 12.5. The van der Waals surface area contributed by atoms with E-state index < -0.39 is 0 Å². The standard InChI is InChI=1S/C29H26O4S/c1-20-16-25(17-21(2)28(20)33-29(30)23-12-8-5-9-13-23)34-24-14-15-26(27(18-24)31-3)32-19-22-10-6-4-7-11-22/h4-18H,19H2,1-3H3. The van der Waals surface area contributed by atoms with E-state index in [0.717, 1.165) is 26.5 Å². The van der Waals surface area contributed by atoms with Crippen LogP contribution in [0.1, 0.15) is 27.0 Å². The zero-order valence-electron chi connectivity index (χ0n) is 19.4. The fourth-order valence-corrected chi connectivity index (χ4v) is 4.60. The SMILES string of the molecule is COc1cc(Sc2cc(C)c(OC(=O)c3ccccc3)c(C)c2)ccc1OCc1ccccc1. The Kier molecular flexibility index (Phi) is 7.55. The Hall–Kier alpha value is -3.70. The quantitative estimate of drug-likeness (QED) is 0.200. The molecule has 5 heteroatoms. The number of ether oxygens (including phenoxy) is 3. The number of hydrogen-bond donors (Lipinski definition) is 0. The van der Waals surface area contributed by atoms with E-state index in [0.29, 0.717) is 29.4 Å². The molecule has 4 aromatic rings. The molecule has 4 rings (SSSR count). The van der Waals surface area contributed by atoms with Crippen molar-refractivity contribution in [3.05, 3.63) is 113 Å². The van der Waals surface area contributed by atoms with Crippen LogP contribution >= 0.6 is 11.8 Å². The van der Waals surface area contributed by atoms with Crippen molar-refractivity contribution >= 4 is 17.7 Å². The zero-order valence-corrected chi connectivity index (χ0v) is 20.2. The van der Waals surface area contributed by atoms with Crippen LogP contribution < -0.4 is 14.2 Å². The molecule has 0 bridgehead atoms. The van der Waals surface area contributed by atoms with Crippen molar-refractivity contribution in [3.8, 4) is 17.2 Å². The smallest absolute Gasteiger partial charge is 0.343 e. The molecule has 34 heavy (non-hydrogen) atoms. The van der Waals surface area contributed by atoms with Crippen LogP contribution in [-0.2, 0) is 6.61 Å². The Labute approximate surface area is 204 Å². The van der Waals surface area contributed by atoms with Crippen LogP contribution in [0.4, 0.5) is 0 Å². The average Bonchev–Trinajstić information content (AvgIpc) is 2.86. The molecule has 0 saturated carbocycles. The minimum atomic E-state index is -0.358. The zero-order chi connectivity index (χ0) is 23.9. The van der Waals surface area contributed by atoms with E-state index in [1.807, 2.05) is 92.7 Å². The molecule has 0 radical (unpaired) electrons. The van der Waals surface area contributed by atoms with Crippen LogP contribution in [0.2, 0.25) is 0 Å². The summed E-state index contributed by atoms with van der Waals surface area (Å²) in [6, 6.07) is 29.0. The molecule has 0 spiro atoms. The van der Waals surface area contributed by atoms with Crippen LogP contribution in [-0.4, -0.2) is 13.1 Å². The van der Waals surface area contributed by atoms with Gasteiger partial charge in [0, 0.05) is 9.79 Å². The highest BCUT2D eigenvalue weighted by Crippen LogP contribution is 2.38. The molecular formula is C29H26O4S. The third kappa shape index (κ3) is 5.80. The lowest BCUT2D eigenvalue weighted by atomic mass is 10.1. The number of esters is 1. The van der Waals surface area contributed by atoms with Crippen LogP contribution in [0.3, 0.4) is 0 Å². The molecule has 0 aliphatic heterocycles. The number of carbonyl (C=O) groups is 1. The van der Waals surface area contributed by atoms with Gasteiger partial charge in [0.15, 0.2) is 11.5 Å². The maximum Gasteiger partial charge on any atom is 0.343 e. The van der Waals surface area contributed by atoms with Crippen molar-refractivity contribution in [3.63, 3.8) is 0 Å². The van der Waals surface area contributed by atoms with Gasteiger partial charge in [-0.05, 0) is 73.0 Å². The van der Waals surface area contributed by atoms with Gasteiger partial charge in [-0.3, -0.25) is 0 Å². The number of methoxy groups -OCH3 is 1. The molecule has 0 fully saturated rings. The Morgan fingerprint density at radius 3 is 2.06 bits per heavy atom. The first-order valence-corrected chi connectivity index (χ1v) is 11.8. The molecule has 4 aromatic carbocycles. The number of benzene rings is 4. The summed E-state index contributed by atoms with van der Waals surface area (Å²) in [5, 5.41) is 0. The molecule has 0 aliphatic carbocycles. The normalized spacial score (nSPS) is 10.6. The Morgan fingerprint density at radius 1 is 0.765 bits per heavy atom. The van der Waals surface area contributed by atoms with Gasteiger partial charge < -0.3 is 14.2 Å². The van der Waals surface area contributed by atoms with Gasteiger partial charge in [0.25, 0.3) is 0 Å². The number of carbonyl (C=O) groups excluding carboxylic acids is 1. The van der Waals surface area contributed by atoms with Crippen LogP contribution in [0.5, 0.6) is 17.2 Å². The summed E-state index contributed by atoms with van der Waals surface area (Å²) in [4.78, 5) is 14.6. The second-order valence-corrected chi connectivity index (χ2v) is 8.98. The van der Waals surface area contributed by atoms with Crippen LogP contribution in [0, 0.1) is 13.8 Å². The van der Waals surface area contributed by atoms with Gasteiger partial charge >= 0.3 is 5.97 Å². The predicted molar refractivity (Wildman–Crippen MR) is 135 cm³/mol. The van der Waals surface area contributed by atoms with Gasteiger partial charge in [0.05, 0.1) is 12.7 Å². The predicted octanol–water partition coefficient (Wildman–Crippen LogP) is 7.26. The van der Waals surface area contributed by atoms with E-state index in [4.69, 9.17) is 14.2 Å². The summed E-state index contributed by atoms with van der Waals surface area (Å²) in [6.45, 7) is 4.38. The molecule has 0 heterocycles. The Bertz CT molecular complexity index is 1250. The molecule has 0 amide bonds. The highest BCUT2D eigenvalue weighted by atomic mass is 32.2. The fraction of sp³-hybridized carbons (Fsp3) is 0.138. The van der Waals surface area contributed by atoms with Crippen LogP contribution in [0.25, 0.3) is 0 Å². The summed E-state index contributed by atoms with van der Waals surface area (Å²) in [5.41, 5.74) is 3.44. The highest BCUT2D eigenvalue weighted by Gasteiger charge is 2.14. The van der Waals surface area contributed by atoms with Gasteiger partial charge in [-0.2, -0.15) is 0 Å². The van der Waals surface area contributed by atoms with Crippen molar-refractivity contribution in [2.24, 2.45) is 0 Å². The number of hydrogen-bond acceptors (Lipinski definition) is 5. The molecule has 0 atom stereocenters. The summed E-state index contributed by atoms with van der Waals surface area (Å²) in [6.07, 6.45) is 0. The minimum Gasteiger partial charge on any atom is -0.493 e. The van der Waals surface area contributed by atoms with E-state index in [1.165, 1.54) is 0 Å². The molecule has 0 saturated heterocycles.